The van der Waals surface area contributed by atoms with Gasteiger partial charge in [-0.1, -0.05) is 33.6 Å². The van der Waals surface area contributed by atoms with Crippen molar-refractivity contribution in [2.75, 3.05) is 14.2 Å². The minimum absolute atomic E-state index is 0.0743. The Morgan fingerprint density at radius 2 is 2.00 bits per heavy atom. The van der Waals surface area contributed by atoms with Crippen LogP contribution >= 0.6 is 50.1 Å². The van der Waals surface area contributed by atoms with Gasteiger partial charge >= 0.3 is 0 Å². The molecule has 0 heterocycles. The summed E-state index contributed by atoms with van der Waals surface area (Å²) in [5.41, 5.74) is 2.29. The monoisotopic (exact) mass is 465 g/mol. The highest BCUT2D eigenvalue weighted by atomic mass is 127. The minimum atomic E-state index is 0.0743. The normalized spacial score (nSPS) is 12.2. The summed E-state index contributed by atoms with van der Waals surface area (Å²) in [6.45, 7) is 0. The highest BCUT2D eigenvalue weighted by Crippen LogP contribution is 2.33. The summed E-state index contributed by atoms with van der Waals surface area (Å²) in [4.78, 5) is 0. The number of methoxy groups -OCH3 is 1. The van der Waals surface area contributed by atoms with Gasteiger partial charge in [-0.3, -0.25) is 0 Å². The van der Waals surface area contributed by atoms with Gasteiger partial charge in [0.1, 0.15) is 5.75 Å². The van der Waals surface area contributed by atoms with E-state index >= 15 is 0 Å². The summed E-state index contributed by atoms with van der Waals surface area (Å²) in [6, 6.07) is 12.2. The van der Waals surface area contributed by atoms with Crippen LogP contribution in [-0.2, 0) is 0 Å². The van der Waals surface area contributed by atoms with Gasteiger partial charge in [0.25, 0.3) is 0 Å². The van der Waals surface area contributed by atoms with Crippen molar-refractivity contribution in [3.63, 3.8) is 0 Å². The molecule has 2 rings (SSSR count). The third-order valence-electron chi connectivity index (χ3n) is 3.07. The molecular weight excluding hydrogens is 452 g/mol. The van der Waals surface area contributed by atoms with Gasteiger partial charge in [0.15, 0.2) is 0 Å². The Kier molecular flexibility index (Phi) is 5.72. The van der Waals surface area contributed by atoms with E-state index in [1.807, 2.05) is 25.2 Å². The van der Waals surface area contributed by atoms with Gasteiger partial charge in [-0.05, 0) is 71.1 Å². The van der Waals surface area contributed by atoms with E-state index in [0.717, 1.165) is 10.0 Å². The molecule has 0 saturated carbocycles. The quantitative estimate of drug-likeness (QED) is 0.639. The summed E-state index contributed by atoms with van der Waals surface area (Å²) < 4.78 is 7.57. The van der Waals surface area contributed by atoms with E-state index in [4.69, 9.17) is 16.3 Å². The van der Waals surface area contributed by atoms with Gasteiger partial charge in [0, 0.05) is 8.04 Å². The lowest BCUT2D eigenvalue weighted by atomic mass is 9.99. The average Bonchev–Trinajstić information content (AvgIpc) is 2.45. The van der Waals surface area contributed by atoms with Gasteiger partial charge in [-0.2, -0.15) is 0 Å². The van der Waals surface area contributed by atoms with Crippen molar-refractivity contribution in [2.45, 2.75) is 6.04 Å². The van der Waals surface area contributed by atoms with E-state index in [9.17, 15) is 0 Å². The SMILES string of the molecule is CNC(c1ccc(Cl)c(OC)c1)c1cc(I)ccc1Br. The molecule has 20 heavy (non-hydrogen) atoms. The van der Waals surface area contributed by atoms with E-state index in [-0.39, 0.29) is 6.04 Å². The lowest BCUT2D eigenvalue weighted by Crippen LogP contribution is -2.18. The zero-order chi connectivity index (χ0) is 14.7. The first-order valence-electron chi connectivity index (χ1n) is 6.02. The molecule has 0 aromatic heterocycles. The molecule has 2 nitrogen and oxygen atoms in total. The molecule has 5 heteroatoms. The molecule has 106 valence electrons. The average molecular weight is 467 g/mol. The molecule has 0 fully saturated rings. The summed E-state index contributed by atoms with van der Waals surface area (Å²) >= 11 is 12.0. The summed E-state index contributed by atoms with van der Waals surface area (Å²) in [5, 5.41) is 3.96. The first kappa shape index (κ1) is 16.1. The maximum atomic E-state index is 6.09. The molecule has 0 radical (unpaired) electrons. The molecule has 2 aromatic rings. The van der Waals surface area contributed by atoms with Crippen molar-refractivity contribution in [3.8, 4) is 5.75 Å². The maximum Gasteiger partial charge on any atom is 0.137 e. The lowest BCUT2D eigenvalue weighted by molar-refractivity contribution is 0.414. The fourth-order valence-electron chi connectivity index (χ4n) is 2.09. The van der Waals surface area contributed by atoms with Gasteiger partial charge < -0.3 is 10.1 Å². The number of rotatable bonds is 4. The Hall–Kier alpha value is -0.300. The number of halogens is 3. The first-order chi connectivity index (χ1) is 9.56. The smallest absolute Gasteiger partial charge is 0.137 e. The molecule has 0 aliphatic heterocycles. The van der Waals surface area contributed by atoms with Gasteiger partial charge in [-0.25, -0.2) is 0 Å². The molecule has 2 aromatic carbocycles. The third kappa shape index (κ3) is 3.47. The Labute approximate surface area is 146 Å². The van der Waals surface area contributed by atoms with Crippen LogP contribution < -0.4 is 10.1 Å². The highest BCUT2D eigenvalue weighted by molar-refractivity contribution is 14.1. The van der Waals surface area contributed by atoms with Crippen LogP contribution in [0.25, 0.3) is 0 Å². The summed E-state index contributed by atoms with van der Waals surface area (Å²) in [6.07, 6.45) is 0. The summed E-state index contributed by atoms with van der Waals surface area (Å²) in [5.74, 6) is 0.686. The van der Waals surface area contributed by atoms with Crippen LogP contribution in [0.15, 0.2) is 40.9 Å². The number of hydrogen-bond donors (Lipinski definition) is 1. The molecule has 0 amide bonds. The van der Waals surface area contributed by atoms with Crippen molar-refractivity contribution in [1.29, 1.82) is 0 Å². The van der Waals surface area contributed by atoms with Crippen LogP contribution in [0, 0.1) is 3.57 Å². The number of nitrogens with one attached hydrogen (secondary N) is 1. The molecule has 1 unspecified atom stereocenters. The first-order valence-corrected chi connectivity index (χ1v) is 8.27. The molecule has 0 spiro atoms. The van der Waals surface area contributed by atoms with Crippen LogP contribution in [0.2, 0.25) is 5.02 Å². The summed E-state index contributed by atoms with van der Waals surface area (Å²) in [7, 11) is 3.57. The van der Waals surface area contributed by atoms with Crippen LogP contribution in [0.1, 0.15) is 17.2 Å². The van der Waals surface area contributed by atoms with Crippen molar-refractivity contribution < 1.29 is 4.74 Å². The van der Waals surface area contributed by atoms with Crippen molar-refractivity contribution in [2.24, 2.45) is 0 Å². The Balaban J connectivity index is 2.49. The van der Waals surface area contributed by atoms with Crippen LogP contribution in [0.4, 0.5) is 0 Å². The zero-order valence-electron chi connectivity index (χ0n) is 11.1. The van der Waals surface area contributed by atoms with Gasteiger partial charge in [0.2, 0.25) is 0 Å². The third-order valence-corrected chi connectivity index (χ3v) is 4.77. The molecule has 0 bridgehead atoms. The topological polar surface area (TPSA) is 21.3 Å². The predicted octanol–water partition coefficient (Wildman–Crippen LogP) is 5.02. The number of ether oxygens (including phenoxy) is 1. The number of benzene rings is 2. The second-order valence-electron chi connectivity index (χ2n) is 4.28. The number of hydrogen-bond acceptors (Lipinski definition) is 2. The Bertz CT molecular complexity index is 621. The van der Waals surface area contributed by atoms with Crippen molar-refractivity contribution in [3.05, 3.63) is 60.6 Å². The van der Waals surface area contributed by atoms with E-state index in [1.54, 1.807) is 7.11 Å². The highest BCUT2D eigenvalue weighted by Gasteiger charge is 2.17. The van der Waals surface area contributed by atoms with E-state index < -0.39 is 0 Å². The maximum absolute atomic E-state index is 6.09. The fourth-order valence-corrected chi connectivity index (χ4v) is 3.28. The van der Waals surface area contributed by atoms with Crippen molar-refractivity contribution in [1.82, 2.24) is 5.32 Å². The van der Waals surface area contributed by atoms with Crippen LogP contribution in [0.5, 0.6) is 5.75 Å². The minimum Gasteiger partial charge on any atom is -0.495 e. The van der Waals surface area contributed by atoms with E-state index in [0.29, 0.717) is 10.8 Å². The van der Waals surface area contributed by atoms with E-state index in [1.165, 1.54) is 9.13 Å². The fraction of sp³-hybridized carbons (Fsp3) is 0.200. The lowest BCUT2D eigenvalue weighted by Gasteiger charge is -2.20. The standard InChI is InChI=1S/C15H14BrClINO/c1-19-15(11-8-10(18)4-5-12(11)16)9-3-6-13(17)14(7-9)20-2/h3-8,15,19H,1-2H3. The van der Waals surface area contributed by atoms with Crippen LogP contribution in [0.3, 0.4) is 0 Å². The molecule has 1 atom stereocenters. The molecule has 0 aliphatic carbocycles. The second-order valence-corrected chi connectivity index (χ2v) is 6.79. The largest absolute Gasteiger partial charge is 0.495 e. The molecule has 1 N–H and O–H groups in total. The van der Waals surface area contributed by atoms with Gasteiger partial charge in [-0.15, -0.1) is 0 Å². The predicted molar refractivity (Wildman–Crippen MR) is 95.8 cm³/mol. The second kappa shape index (κ2) is 7.11. The van der Waals surface area contributed by atoms with Crippen molar-refractivity contribution >= 4 is 50.1 Å². The van der Waals surface area contributed by atoms with E-state index in [2.05, 4.69) is 62.0 Å². The van der Waals surface area contributed by atoms with Gasteiger partial charge in [0.05, 0.1) is 18.2 Å². The Morgan fingerprint density at radius 3 is 2.65 bits per heavy atom. The molecular formula is C15H14BrClINO. The molecule has 0 aliphatic rings. The zero-order valence-corrected chi connectivity index (χ0v) is 15.6. The van der Waals surface area contributed by atoms with Crippen LogP contribution in [-0.4, -0.2) is 14.2 Å². The molecule has 0 saturated heterocycles. The Morgan fingerprint density at radius 1 is 1.25 bits per heavy atom.